The number of carbonyl (C=O) groups excluding carboxylic acids is 2. The van der Waals surface area contributed by atoms with E-state index in [0.29, 0.717) is 31.6 Å². The van der Waals surface area contributed by atoms with E-state index in [9.17, 15) is 9.59 Å². The van der Waals surface area contributed by atoms with E-state index in [4.69, 9.17) is 9.47 Å². The third-order valence-electron chi connectivity index (χ3n) is 5.30. The fraction of sp³-hybridized carbons (Fsp3) is 0.364. The first-order valence-corrected chi connectivity index (χ1v) is 9.71. The van der Waals surface area contributed by atoms with Crippen LogP contribution in [-0.4, -0.2) is 36.6 Å². The average Bonchev–Trinajstić information content (AvgIpc) is 3.36. The van der Waals surface area contributed by atoms with E-state index in [1.54, 1.807) is 0 Å². The predicted octanol–water partition coefficient (Wildman–Crippen LogP) is 3.38. The van der Waals surface area contributed by atoms with Gasteiger partial charge in [0, 0.05) is 37.3 Å². The molecule has 2 aromatic carbocycles. The molecule has 0 saturated carbocycles. The number of nitrogens with zero attached hydrogens (tertiary/aromatic N) is 2. The summed E-state index contributed by atoms with van der Waals surface area (Å²) in [5, 5.41) is 0. The van der Waals surface area contributed by atoms with Gasteiger partial charge >= 0.3 is 0 Å². The second-order valence-electron chi connectivity index (χ2n) is 7.00. The molecule has 2 aromatic rings. The van der Waals surface area contributed by atoms with Gasteiger partial charge in [-0.05, 0) is 54.8 Å². The molecule has 0 fully saturated rings. The number of hydrogen-bond donors (Lipinski definition) is 0. The average molecular weight is 380 g/mol. The molecule has 0 bridgehead atoms. The highest BCUT2D eigenvalue weighted by molar-refractivity contribution is 5.98. The summed E-state index contributed by atoms with van der Waals surface area (Å²) in [5.41, 5.74) is 3.65. The van der Waals surface area contributed by atoms with Gasteiger partial charge in [0.1, 0.15) is 0 Å². The molecular weight excluding hydrogens is 356 g/mol. The van der Waals surface area contributed by atoms with Crippen molar-refractivity contribution in [3.8, 4) is 11.5 Å². The second-order valence-corrected chi connectivity index (χ2v) is 7.00. The van der Waals surface area contributed by atoms with Crippen LogP contribution in [0.5, 0.6) is 11.5 Å². The highest BCUT2D eigenvalue weighted by Gasteiger charge is 2.25. The molecule has 146 valence electrons. The zero-order valence-electron chi connectivity index (χ0n) is 16.2. The van der Waals surface area contributed by atoms with Gasteiger partial charge in [-0.15, -0.1) is 0 Å². The van der Waals surface area contributed by atoms with Crippen LogP contribution in [0.2, 0.25) is 0 Å². The van der Waals surface area contributed by atoms with Gasteiger partial charge < -0.3 is 19.3 Å². The molecule has 0 N–H and O–H groups in total. The second kappa shape index (κ2) is 7.54. The van der Waals surface area contributed by atoms with Gasteiger partial charge in [0.25, 0.3) is 5.91 Å². The summed E-state index contributed by atoms with van der Waals surface area (Å²) >= 11 is 0. The molecule has 4 rings (SSSR count). The molecule has 28 heavy (non-hydrogen) atoms. The van der Waals surface area contributed by atoms with Gasteiger partial charge in [0.05, 0.1) is 0 Å². The minimum absolute atomic E-state index is 0.0109. The zero-order valence-corrected chi connectivity index (χ0v) is 16.2. The summed E-state index contributed by atoms with van der Waals surface area (Å²) in [5.74, 6) is 1.57. The van der Waals surface area contributed by atoms with Gasteiger partial charge in [-0.2, -0.15) is 0 Å². The zero-order chi connectivity index (χ0) is 19.7. The van der Waals surface area contributed by atoms with E-state index < -0.39 is 0 Å². The molecule has 0 aromatic heterocycles. The van der Waals surface area contributed by atoms with Crippen LogP contribution < -0.4 is 14.4 Å². The van der Waals surface area contributed by atoms with E-state index >= 15 is 0 Å². The van der Waals surface area contributed by atoms with Crippen LogP contribution in [0, 0.1) is 0 Å². The highest BCUT2D eigenvalue weighted by Crippen LogP contribution is 2.33. The SMILES string of the molecule is CCC(=O)N1CCc2cc(C(=O)N(CC)Cc3ccc4c(c3)OCO4)ccc21. The molecule has 2 heterocycles. The molecular formula is C22H24N2O4. The van der Waals surface area contributed by atoms with Crippen molar-refractivity contribution in [3.63, 3.8) is 0 Å². The first-order chi connectivity index (χ1) is 13.6. The number of amides is 2. The summed E-state index contributed by atoms with van der Waals surface area (Å²) in [7, 11) is 0. The normalized spacial score (nSPS) is 14.1. The van der Waals surface area contributed by atoms with Crippen molar-refractivity contribution in [1.82, 2.24) is 4.90 Å². The quantitative estimate of drug-likeness (QED) is 0.798. The number of rotatable bonds is 5. The van der Waals surface area contributed by atoms with Crippen molar-refractivity contribution in [3.05, 3.63) is 53.1 Å². The third kappa shape index (κ3) is 3.30. The van der Waals surface area contributed by atoms with Crippen molar-refractivity contribution in [2.75, 3.05) is 24.8 Å². The highest BCUT2D eigenvalue weighted by atomic mass is 16.7. The number of hydrogen-bond acceptors (Lipinski definition) is 4. The van der Waals surface area contributed by atoms with Crippen LogP contribution >= 0.6 is 0 Å². The summed E-state index contributed by atoms with van der Waals surface area (Å²) < 4.78 is 10.8. The van der Waals surface area contributed by atoms with E-state index in [-0.39, 0.29) is 18.6 Å². The Bertz CT molecular complexity index is 925. The Morgan fingerprint density at radius 3 is 2.68 bits per heavy atom. The monoisotopic (exact) mass is 380 g/mol. The number of fused-ring (bicyclic) bond motifs is 2. The number of anilines is 1. The molecule has 6 nitrogen and oxygen atoms in total. The molecule has 0 unspecified atom stereocenters. The lowest BCUT2D eigenvalue weighted by Gasteiger charge is -2.22. The van der Waals surface area contributed by atoms with Crippen molar-refractivity contribution in [1.29, 1.82) is 0 Å². The van der Waals surface area contributed by atoms with Gasteiger partial charge in [-0.3, -0.25) is 9.59 Å². The molecule has 2 amide bonds. The molecule has 2 aliphatic heterocycles. The Morgan fingerprint density at radius 1 is 1.07 bits per heavy atom. The number of carbonyl (C=O) groups is 2. The van der Waals surface area contributed by atoms with Crippen LogP contribution in [0.15, 0.2) is 36.4 Å². The molecule has 6 heteroatoms. The van der Waals surface area contributed by atoms with Crippen molar-refractivity contribution in [2.45, 2.75) is 33.2 Å². The topological polar surface area (TPSA) is 59.1 Å². The minimum Gasteiger partial charge on any atom is -0.454 e. The molecule has 0 saturated heterocycles. The first kappa shape index (κ1) is 18.3. The maximum Gasteiger partial charge on any atom is 0.254 e. The first-order valence-electron chi connectivity index (χ1n) is 9.71. The van der Waals surface area contributed by atoms with Crippen molar-refractivity contribution < 1.29 is 19.1 Å². The third-order valence-corrected chi connectivity index (χ3v) is 5.30. The Kier molecular flexibility index (Phi) is 4.94. The molecule has 0 atom stereocenters. The molecule has 2 aliphatic rings. The van der Waals surface area contributed by atoms with Gasteiger partial charge in [-0.1, -0.05) is 13.0 Å². The van der Waals surface area contributed by atoms with Crippen molar-refractivity contribution >= 4 is 17.5 Å². The maximum atomic E-state index is 13.1. The van der Waals surface area contributed by atoms with Crippen LogP contribution in [0.3, 0.4) is 0 Å². The Hall–Kier alpha value is -3.02. The summed E-state index contributed by atoms with van der Waals surface area (Å²) in [6.07, 6.45) is 1.27. The van der Waals surface area contributed by atoms with Crippen LogP contribution in [0.25, 0.3) is 0 Å². The van der Waals surface area contributed by atoms with Gasteiger partial charge in [0.2, 0.25) is 12.7 Å². The van der Waals surface area contributed by atoms with Crippen molar-refractivity contribution in [2.24, 2.45) is 0 Å². The lowest BCUT2D eigenvalue weighted by Crippen LogP contribution is -2.30. The van der Waals surface area contributed by atoms with E-state index in [1.807, 2.05) is 60.0 Å². The van der Waals surface area contributed by atoms with Crippen LogP contribution in [0.4, 0.5) is 5.69 Å². The summed E-state index contributed by atoms with van der Waals surface area (Å²) in [6, 6.07) is 11.4. The fourth-order valence-corrected chi connectivity index (χ4v) is 3.75. The van der Waals surface area contributed by atoms with Gasteiger partial charge in [0.15, 0.2) is 11.5 Å². The lowest BCUT2D eigenvalue weighted by molar-refractivity contribution is -0.118. The van der Waals surface area contributed by atoms with E-state index in [2.05, 4.69) is 0 Å². The Balaban J connectivity index is 1.52. The molecule has 0 aliphatic carbocycles. The maximum absolute atomic E-state index is 13.1. The fourth-order valence-electron chi connectivity index (χ4n) is 3.75. The lowest BCUT2D eigenvalue weighted by atomic mass is 10.1. The van der Waals surface area contributed by atoms with E-state index in [0.717, 1.165) is 34.7 Å². The standard InChI is InChI=1S/C22H24N2O4/c1-3-21(25)24-10-9-16-12-17(6-7-18(16)24)22(26)23(4-2)13-15-5-8-19-20(11-15)28-14-27-19/h5-8,11-12H,3-4,9-10,13-14H2,1-2H3. The van der Waals surface area contributed by atoms with E-state index in [1.165, 1.54) is 0 Å². The predicted molar refractivity (Wildman–Crippen MR) is 106 cm³/mol. The van der Waals surface area contributed by atoms with Crippen LogP contribution in [0.1, 0.15) is 41.8 Å². The largest absolute Gasteiger partial charge is 0.454 e. The molecule has 0 radical (unpaired) electrons. The van der Waals surface area contributed by atoms with Gasteiger partial charge in [-0.25, -0.2) is 0 Å². The number of ether oxygens (including phenoxy) is 2. The Labute approximate surface area is 164 Å². The Morgan fingerprint density at radius 2 is 1.89 bits per heavy atom. The molecule has 0 spiro atoms. The number of benzene rings is 2. The minimum atomic E-state index is -0.0109. The smallest absolute Gasteiger partial charge is 0.254 e. The van der Waals surface area contributed by atoms with Crippen LogP contribution in [-0.2, 0) is 17.8 Å². The summed E-state index contributed by atoms with van der Waals surface area (Å²) in [4.78, 5) is 28.8. The summed E-state index contributed by atoms with van der Waals surface area (Å²) in [6.45, 7) is 5.87.